The maximum atomic E-state index is 11.4. The van der Waals surface area contributed by atoms with Crippen molar-refractivity contribution in [1.29, 1.82) is 0 Å². The van der Waals surface area contributed by atoms with Gasteiger partial charge in [-0.15, -0.1) is 0 Å². The highest BCUT2D eigenvalue weighted by atomic mass is 16.4. The van der Waals surface area contributed by atoms with Crippen molar-refractivity contribution in [2.45, 2.75) is 24.9 Å². The molecule has 1 unspecified atom stereocenters. The third-order valence-electron chi connectivity index (χ3n) is 3.45. The summed E-state index contributed by atoms with van der Waals surface area (Å²) in [5.74, 6) is -0.341. The number of fused-ring (bicyclic) bond motifs is 1. The number of nitrogens with one attached hydrogen (secondary N) is 1. The Kier molecular flexibility index (Phi) is 2.72. The Morgan fingerprint density at radius 2 is 2.33 bits per heavy atom. The van der Waals surface area contributed by atoms with E-state index in [1.54, 1.807) is 7.05 Å². The minimum atomic E-state index is -0.341. The summed E-state index contributed by atoms with van der Waals surface area (Å²) in [5.41, 5.74) is 8.50. The molecule has 18 heavy (non-hydrogen) atoms. The maximum Gasteiger partial charge on any atom is 0.419 e. The molecule has 5 heteroatoms. The largest absolute Gasteiger partial charge is 0.419 e. The number of rotatable bonds is 4. The molecule has 1 aromatic heterocycles. The van der Waals surface area contributed by atoms with Gasteiger partial charge in [0.25, 0.3) is 0 Å². The molecular formula is C13H17N3O2. The van der Waals surface area contributed by atoms with Gasteiger partial charge < -0.3 is 15.5 Å². The quantitative estimate of drug-likeness (QED) is 0.841. The minimum absolute atomic E-state index is 0.0690. The van der Waals surface area contributed by atoms with E-state index in [1.807, 2.05) is 18.2 Å². The molecule has 1 saturated carbocycles. The molecule has 1 aliphatic rings. The maximum absolute atomic E-state index is 11.4. The van der Waals surface area contributed by atoms with Gasteiger partial charge in [-0.05, 0) is 30.5 Å². The molecule has 0 saturated heterocycles. The molecule has 0 radical (unpaired) electrons. The number of hydrogen-bond donors (Lipinski definition) is 2. The fourth-order valence-electron chi connectivity index (χ4n) is 2.08. The predicted octanol–water partition coefficient (Wildman–Crippen LogP) is 0.883. The fourth-order valence-corrected chi connectivity index (χ4v) is 2.08. The standard InChI is InChI=1S/C13H17N3O2/c1-16-11-5-2-8(6-12(11)18-13(16)17)10(14)7-15-9-3-4-9/h2,5-6,9-10,15H,3-4,7,14H2,1H3. The molecule has 96 valence electrons. The molecule has 2 aromatic rings. The normalized spacial score (nSPS) is 17.2. The molecule has 3 N–H and O–H groups in total. The second kappa shape index (κ2) is 4.26. The summed E-state index contributed by atoms with van der Waals surface area (Å²) in [6.45, 7) is 0.757. The van der Waals surface area contributed by atoms with Crippen LogP contribution in [0.4, 0.5) is 0 Å². The van der Waals surface area contributed by atoms with Crippen LogP contribution >= 0.6 is 0 Å². The topological polar surface area (TPSA) is 73.2 Å². The lowest BCUT2D eigenvalue weighted by molar-refractivity contribution is 0.527. The highest BCUT2D eigenvalue weighted by Gasteiger charge is 2.21. The molecule has 1 atom stereocenters. The van der Waals surface area contributed by atoms with Crippen molar-refractivity contribution in [3.8, 4) is 0 Å². The Morgan fingerprint density at radius 3 is 3.06 bits per heavy atom. The number of nitrogens with zero attached hydrogens (tertiary/aromatic N) is 1. The Labute approximate surface area is 105 Å². The molecule has 0 spiro atoms. The van der Waals surface area contributed by atoms with Gasteiger partial charge in [-0.25, -0.2) is 4.79 Å². The molecule has 1 heterocycles. The third-order valence-corrected chi connectivity index (χ3v) is 3.45. The fraction of sp³-hybridized carbons (Fsp3) is 0.462. The summed E-state index contributed by atoms with van der Waals surface area (Å²) in [7, 11) is 1.70. The van der Waals surface area contributed by atoms with Crippen LogP contribution < -0.4 is 16.8 Å². The van der Waals surface area contributed by atoms with E-state index in [4.69, 9.17) is 10.2 Å². The van der Waals surface area contributed by atoms with Crippen LogP contribution in [0, 0.1) is 0 Å². The molecule has 0 bridgehead atoms. The van der Waals surface area contributed by atoms with E-state index in [2.05, 4.69) is 5.32 Å². The first-order valence-corrected chi connectivity index (χ1v) is 6.23. The van der Waals surface area contributed by atoms with Crippen LogP contribution in [0.15, 0.2) is 27.4 Å². The van der Waals surface area contributed by atoms with Crippen LogP contribution in [0.5, 0.6) is 0 Å². The summed E-state index contributed by atoms with van der Waals surface area (Å²) < 4.78 is 6.65. The number of nitrogens with two attached hydrogens (primary N) is 1. The van der Waals surface area contributed by atoms with Crippen LogP contribution in [-0.2, 0) is 7.05 Å². The van der Waals surface area contributed by atoms with E-state index in [0.717, 1.165) is 17.6 Å². The zero-order valence-corrected chi connectivity index (χ0v) is 10.3. The van der Waals surface area contributed by atoms with E-state index < -0.39 is 0 Å². The lowest BCUT2D eigenvalue weighted by Gasteiger charge is -2.12. The van der Waals surface area contributed by atoms with Crippen LogP contribution in [0.2, 0.25) is 0 Å². The van der Waals surface area contributed by atoms with E-state index in [0.29, 0.717) is 11.6 Å². The van der Waals surface area contributed by atoms with E-state index >= 15 is 0 Å². The monoisotopic (exact) mass is 247 g/mol. The molecule has 0 amide bonds. The number of aromatic nitrogens is 1. The zero-order chi connectivity index (χ0) is 12.7. The Bertz CT molecular complexity index is 625. The van der Waals surface area contributed by atoms with Crippen molar-refractivity contribution in [2.75, 3.05) is 6.54 Å². The Balaban J connectivity index is 1.85. The van der Waals surface area contributed by atoms with Gasteiger partial charge in [0, 0.05) is 25.7 Å². The van der Waals surface area contributed by atoms with Crippen LogP contribution in [0.1, 0.15) is 24.4 Å². The lowest BCUT2D eigenvalue weighted by Crippen LogP contribution is -2.28. The molecule has 0 aliphatic heterocycles. The van der Waals surface area contributed by atoms with Gasteiger partial charge in [0.1, 0.15) is 0 Å². The number of benzene rings is 1. The molecule has 1 fully saturated rings. The van der Waals surface area contributed by atoms with Crippen molar-refractivity contribution in [2.24, 2.45) is 12.8 Å². The van der Waals surface area contributed by atoms with Gasteiger partial charge in [0.05, 0.1) is 5.52 Å². The minimum Gasteiger partial charge on any atom is -0.408 e. The average Bonchev–Trinajstić information content (AvgIpc) is 3.14. The van der Waals surface area contributed by atoms with Gasteiger partial charge in [-0.2, -0.15) is 0 Å². The number of aryl methyl sites for hydroxylation is 1. The molecule has 3 rings (SSSR count). The first-order chi connectivity index (χ1) is 8.65. The molecular weight excluding hydrogens is 230 g/mol. The molecule has 1 aliphatic carbocycles. The lowest BCUT2D eigenvalue weighted by atomic mass is 10.1. The second-order valence-corrected chi connectivity index (χ2v) is 4.94. The SMILES string of the molecule is Cn1c(=O)oc2cc(C(N)CNC3CC3)ccc21. The van der Waals surface area contributed by atoms with Gasteiger partial charge in [-0.1, -0.05) is 6.07 Å². The number of hydrogen-bond acceptors (Lipinski definition) is 4. The summed E-state index contributed by atoms with van der Waals surface area (Å²) in [5, 5.41) is 3.40. The van der Waals surface area contributed by atoms with E-state index in [9.17, 15) is 4.79 Å². The van der Waals surface area contributed by atoms with Gasteiger partial charge in [0.2, 0.25) is 0 Å². The first kappa shape index (κ1) is 11.5. The van der Waals surface area contributed by atoms with Gasteiger partial charge in [-0.3, -0.25) is 4.57 Å². The zero-order valence-electron chi connectivity index (χ0n) is 10.3. The van der Waals surface area contributed by atoms with Crippen molar-refractivity contribution in [3.05, 3.63) is 34.3 Å². The van der Waals surface area contributed by atoms with Crippen LogP contribution in [0.3, 0.4) is 0 Å². The van der Waals surface area contributed by atoms with E-state index in [-0.39, 0.29) is 11.8 Å². The third kappa shape index (κ3) is 2.07. The summed E-state index contributed by atoms with van der Waals surface area (Å²) in [6.07, 6.45) is 2.50. The van der Waals surface area contributed by atoms with Gasteiger partial charge in [0.15, 0.2) is 5.58 Å². The van der Waals surface area contributed by atoms with Crippen LogP contribution in [0.25, 0.3) is 11.1 Å². The summed E-state index contributed by atoms with van der Waals surface area (Å²) >= 11 is 0. The first-order valence-electron chi connectivity index (χ1n) is 6.23. The predicted molar refractivity (Wildman–Crippen MR) is 69.4 cm³/mol. The van der Waals surface area contributed by atoms with Crippen molar-refractivity contribution < 1.29 is 4.42 Å². The highest BCUT2D eigenvalue weighted by Crippen LogP contribution is 2.21. The Morgan fingerprint density at radius 1 is 1.56 bits per heavy atom. The summed E-state index contributed by atoms with van der Waals surface area (Å²) in [4.78, 5) is 11.4. The summed E-state index contributed by atoms with van der Waals surface area (Å²) in [6, 6.07) is 6.27. The van der Waals surface area contributed by atoms with Crippen molar-refractivity contribution in [3.63, 3.8) is 0 Å². The highest BCUT2D eigenvalue weighted by molar-refractivity contribution is 5.73. The van der Waals surface area contributed by atoms with Crippen molar-refractivity contribution >= 4 is 11.1 Å². The second-order valence-electron chi connectivity index (χ2n) is 4.94. The molecule has 1 aromatic carbocycles. The number of oxazole rings is 1. The van der Waals surface area contributed by atoms with Crippen molar-refractivity contribution in [1.82, 2.24) is 9.88 Å². The Hall–Kier alpha value is -1.59. The van der Waals surface area contributed by atoms with Crippen LogP contribution in [-0.4, -0.2) is 17.2 Å². The van der Waals surface area contributed by atoms with Gasteiger partial charge >= 0.3 is 5.76 Å². The smallest absolute Gasteiger partial charge is 0.408 e. The van der Waals surface area contributed by atoms with E-state index in [1.165, 1.54) is 17.4 Å². The average molecular weight is 247 g/mol. The molecule has 5 nitrogen and oxygen atoms in total.